The zero-order valence-corrected chi connectivity index (χ0v) is 13.5. The van der Waals surface area contributed by atoms with Crippen LogP contribution in [0.2, 0.25) is 5.02 Å². The number of amides is 1. The van der Waals surface area contributed by atoms with Gasteiger partial charge in [0.25, 0.3) is 0 Å². The van der Waals surface area contributed by atoms with E-state index < -0.39 is 6.04 Å². The SMILES string of the molecule is Cc1cc(CNC(=O)C(N)Cc2ncccc2C)ccc1Cl. The van der Waals surface area contributed by atoms with E-state index >= 15 is 0 Å². The number of hydrogen-bond acceptors (Lipinski definition) is 3. The molecule has 4 nitrogen and oxygen atoms in total. The Balaban J connectivity index is 1.91. The van der Waals surface area contributed by atoms with Gasteiger partial charge in [-0.1, -0.05) is 29.8 Å². The maximum absolute atomic E-state index is 12.1. The number of carbonyl (C=O) groups excluding carboxylic acids is 1. The summed E-state index contributed by atoms with van der Waals surface area (Å²) in [7, 11) is 0. The van der Waals surface area contributed by atoms with Crippen LogP contribution >= 0.6 is 11.6 Å². The van der Waals surface area contributed by atoms with Crippen LogP contribution in [0.25, 0.3) is 0 Å². The van der Waals surface area contributed by atoms with Crippen LogP contribution in [-0.2, 0) is 17.8 Å². The highest BCUT2D eigenvalue weighted by atomic mass is 35.5. The molecule has 2 aromatic rings. The highest BCUT2D eigenvalue weighted by Gasteiger charge is 2.15. The van der Waals surface area contributed by atoms with Crippen LogP contribution < -0.4 is 11.1 Å². The number of pyridine rings is 1. The Morgan fingerprint density at radius 3 is 2.77 bits per heavy atom. The van der Waals surface area contributed by atoms with Crippen molar-refractivity contribution in [1.82, 2.24) is 10.3 Å². The Labute approximate surface area is 135 Å². The summed E-state index contributed by atoms with van der Waals surface area (Å²) in [6.45, 7) is 4.33. The Morgan fingerprint density at radius 2 is 2.09 bits per heavy atom. The number of carbonyl (C=O) groups is 1. The number of nitrogens with zero attached hydrogens (tertiary/aromatic N) is 1. The molecule has 1 aromatic carbocycles. The van der Waals surface area contributed by atoms with Crippen molar-refractivity contribution in [3.63, 3.8) is 0 Å². The van der Waals surface area contributed by atoms with Gasteiger partial charge in [0.15, 0.2) is 0 Å². The molecule has 1 aromatic heterocycles. The number of benzene rings is 1. The third kappa shape index (κ3) is 4.29. The highest BCUT2D eigenvalue weighted by Crippen LogP contribution is 2.16. The van der Waals surface area contributed by atoms with E-state index in [2.05, 4.69) is 10.3 Å². The van der Waals surface area contributed by atoms with Crippen molar-refractivity contribution in [2.75, 3.05) is 0 Å². The zero-order chi connectivity index (χ0) is 16.1. The Bertz CT molecular complexity index is 673. The molecule has 0 aliphatic rings. The molecule has 1 heterocycles. The van der Waals surface area contributed by atoms with Gasteiger partial charge in [0.1, 0.15) is 0 Å². The molecule has 0 radical (unpaired) electrons. The molecule has 2 rings (SSSR count). The molecule has 0 aliphatic carbocycles. The van der Waals surface area contributed by atoms with Crippen molar-refractivity contribution in [2.24, 2.45) is 5.73 Å². The number of halogens is 1. The molecule has 0 bridgehead atoms. The fourth-order valence-electron chi connectivity index (χ4n) is 2.17. The van der Waals surface area contributed by atoms with Gasteiger partial charge in [0.2, 0.25) is 5.91 Å². The normalized spacial score (nSPS) is 12.0. The molecule has 0 spiro atoms. The molecular weight excluding hydrogens is 298 g/mol. The van der Waals surface area contributed by atoms with Gasteiger partial charge in [-0.3, -0.25) is 9.78 Å². The first-order chi connectivity index (χ1) is 10.5. The van der Waals surface area contributed by atoms with Gasteiger partial charge in [-0.15, -0.1) is 0 Å². The average molecular weight is 318 g/mol. The van der Waals surface area contributed by atoms with E-state index in [0.717, 1.165) is 27.4 Å². The molecule has 1 unspecified atom stereocenters. The van der Waals surface area contributed by atoms with Crippen LogP contribution in [0, 0.1) is 13.8 Å². The lowest BCUT2D eigenvalue weighted by Crippen LogP contribution is -2.42. The molecule has 0 fully saturated rings. The quantitative estimate of drug-likeness (QED) is 0.890. The van der Waals surface area contributed by atoms with Gasteiger partial charge in [-0.25, -0.2) is 0 Å². The van der Waals surface area contributed by atoms with Gasteiger partial charge in [-0.2, -0.15) is 0 Å². The molecule has 0 saturated carbocycles. The zero-order valence-electron chi connectivity index (χ0n) is 12.8. The predicted molar refractivity (Wildman–Crippen MR) is 88.7 cm³/mol. The minimum Gasteiger partial charge on any atom is -0.351 e. The number of nitrogens with two attached hydrogens (primary N) is 1. The first-order valence-corrected chi connectivity index (χ1v) is 7.54. The second kappa shape index (κ2) is 7.38. The third-order valence-corrected chi connectivity index (χ3v) is 3.98. The molecule has 0 saturated heterocycles. The fraction of sp³-hybridized carbons (Fsp3) is 0.294. The second-order valence-electron chi connectivity index (χ2n) is 5.38. The van der Waals surface area contributed by atoms with E-state index in [-0.39, 0.29) is 5.91 Å². The predicted octanol–water partition coefficient (Wildman–Crippen LogP) is 2.54. The largest absolute Gasteiger partial charge is 0.351 e. The number of nitrogens with one attached hydrogen (secondary N) is 1. The maximum Gasteiger partial charge on any atom is 0.237 e. The van der Waals surface area contributed by atoms with Gasteiger partial charge in [-0.05, 0) is 42.7 Å². The van der Waals surface area contributed by atoms with Gasteiger partial charge in [0.05, 0.1) is 6.04 Å². The standard InChI is InChI=1S/C17H20ClN3O/c1-11-4-3-7-20-16(11)9-15(19)17(22)21-10-13-5-6-14(18)12(2)8-13/h3-8,15H,9-10,19H2,1-2H3,(H,21,22). The van der Waals surface area contributed by atoms with Crippen LogP contribution in [0.3, 0.4) is 0 Å². The lowest BCUT2D eigenvalue weighted by atomic mass is 10.1. The molecule has 116 valence electrons. The molecule has 22 heavy (non-hydrogen) atoms. The van der Waals surface area contributed by atoms with Gasteiger partial charge in [0, 0.05) is 29.9 Å². The van der Waals surface area contributed by atoms with Crippen LogP contribution in [0.1, 0.15) is 22.4 Å². The van der Waals surface area contributed by atoms with E-state index in [9.17, 15) is 4.79 Å². The summed E-state index contributed by atoms with van der Waals surface area (Å²) in [6.07, 6.45) is 2.14. The van der Waals surface area contributed by atoms with Crippen LogP contribution in [0.5, 0.6) is 0 Å². The van der Waals surface area contributed by atoms with Gasteiger partial charge < -0.3 is 11.1 Å². The van der Waals surface area contributed by atoms with E-state index in [0.29, 0.717) is 13.0 Å². The fourth-order valence-corrected chi connectivity index (χ4v) is 2.29. The molecule has 1 atom stereocenters. The first kappa shape index (κ1) is 16.5. The van der Waals surface area contributed by atoms with Crippen molar-refractivity contribution in [2.45, 2.75) is 32.9 Å². The van der Waals surface area contributed by atoms with Crippen LogP contribution in [0.15, 0.2) is 36.5 Å². The number of hydrogen-bond donors (Lipinski definition) is 2. The molecular formula is C17H20ClN3O. The summed E-state index contributed by atoms with van der Waals surface area (Å²) >= 11 is 5.98. The summed E-state index contributed by atoms with van der Waals surface area (Å²) in [5, 5.41) is 3.57. The van der Waals surface area contributed by atoms with Crippen LogP contribution in [0.4, 0.5) is 0 Å². The summed E-state index contributed by atoms with van der Waals surface area (Å²) in [4.78, 5) is 16.4. The lowest BCUT2D eigenvalue weighted by molar-refractivity contribution is -0.122. The molecule has 0 aliphatic heterocycles. The minimum atomic E-state index is -0.609. The molecule has 3 N–H and O–H groups in total. The average Bonchev–Trinajstić information content (AvgIpc) is 2.50. The summed E-state index contributed by atoms with van der Waals surface area (Å²) in [5.74, 6) is -0.183. The van der Waals surface area contributed by atoms with Crippen LogP contribution in [-0.4, -0.2) is 16.9 Å². The van der Waals surface area contributed by atoms with Crippen molar-refractivity contribution in [3.8, 4) is 0 Å². The lowest BCUT2D eigenvalue weighted by Gasteiger charge is -2.13. The minimum absolute atomic E-state index is 0.183. The van der Waals surface area contributed by atoms with Crippen molar-refractivity contribution in [1.29, 1.82) is 0 Å². The van der Waals surface area contributed by atoms with E-state index in [1.807, 2.05) is 44.2 Å². The summed E-state index contributed by atoms with van der Waals surface area (Å²) in [6, 6.07) is 8.90. The van der Waals surface area contributed by atoms with E-state index in [1.54, 1.807) is 6.20 Å². The second-order valence-corrected chi connectivity index (χ2v) is 5.79. The smallest absolute Gasteiger partial charge is 0.237 e. The maximum atomic E-state index is 12.1. The van der Waals surface area contributed by atoms with Crippen molar-refractivity contribution in [3.05, 3.63) is 63.9 Å². The number of rotatable bonds is 5. The number of aromatic nitrogens is 1. The Hall–Kier alpha value is -1.91. The van der Waals surface area contributed by atoms with Crippen molar-refractivity contribution >= 4 is 17.5 Å². The van der Waals surface area contributed by atoms with Gasteiger partial charge >= 0.3 is 0 Å². The summed E-state index contributed by atoms with van der Waals surface area (Å²) < 4.78 is 0. The number of aryl methyl sites for hydroxylation is 2. The van der Waals surface area contributed by atoms with E-state index in [4.69, 9.17) is 17.3 Å². The highest BCUT2D eigenvalue weighted by molar-refractivity contribution is 6.31. The monoisotopic (exact) mass is 317 g/mol. The summed E-state index contributed by atoms with van der Waals surface area (Å²) in [5.41, 5.74) is 9.84. The topological polar surface area (TPSA) is 68.0 Å². The van der Waals surface area contributed by atoms with E-state index in [1.165, 1.54) is 0 Å². The Morgan fingerprint density at radius 1 is 1.32 bits per heavy atom. The molecule has 5 heteroatoms. The Kier molecular flexibility index (Phi) is 5.52. The van der Waals surface area contributed by atoms with Crippen molar-refractivity contribution < 1.29 is 4.79 Å². The third-order valence-electron chi connectivity index (χ3n) is 3.56. The first-order valence-electron chi connectivity index (χ1n) is 7.16. The molecule has 1 amide bonds.